The first-order valence-corrected chi connectivity index (χ1v) is 6.73. The van der Waals surface area contributed by atoms with Crippen LogP contribution >= 0.6 is 11.6 Å². The van der Waals surface area contributed by atoms with Crippen LogP contribution in [0.5, 0.6) is 0 Å². The predicted molar refractivity (Wildman–Crippen MR) is 81.9 cm³/mol. The number of anilines is 1. The van der Waals surface area contributed by atoms with Crippen LogP contribution in [-0.4, -0.2) is 15.8 Å². The van der Waals surface area contributed by atoms with Crippen LogP contribution in [0.2, 0.25) is 5.02 Å². The lowest BCUT2D eigenvalue weighted by atomic mass is 10.1. The molecule has 0 atom stereocenters. The number of carbonyl (C=O) groups excluding carboxylic acids is 1. The maximum atomic E-state index is 14.3. The average molecular weight is 342 g/mol. The number of halogens is 4. The highest BCUT2D eigenvalue weighted by molar-refractivity contribution is 6.31. The summed E-state index contributed by atoms with van der Waals surface area (Å²) in [6.07, 6.45) is -1.82. The number of nitrogens with two attached hydrogens (primary N) is 1. The summed E-state index contributed by atoms with van der Waals surface area (Å²) >= 11 is 5.59. The lowest BCUT2D eigenvalue weighted by molar-refractivity contribution is 0.101. The smallest absolute Gasteiger partial charge is 0.268 e. The molecule has 1 aromatic carbocycles. The van der Waals surface area contributed by atoms with Crippen molar-refractivity contribution >= 4 is 29.3 Å². The second kappa shape index (κ2) is 6.37. The second-order valence-electron chi connectivity index (χ2n) is 4.58. The van der Waals surface area contributed by atoms with Gasteiger partial charge >= 0.3 is 0 Å². The highest BCUT2D eigenvalue weighted by atomic mass is 35.5. The van der Waals surface area contributed by atoms with E-state index in [9.17, 15) is 18.0 Å². The van der Waals surface area contributed by atoms with Crippen LogP contribution < -0.4 is 5.73 Å². The molecule has 1 aromatic heterocycles. The molecule has 0 aliphatic carbocycles. The van der Waals surface area contributed by atoms with Crippen LogP contribution in [0.15, 0.2) is 18.7 Å². The van der Waals surface area contributed by atoms with Gasteiger partial charge in [-0.1, -0.05) is 24.3 Å². The Kier molecular flexibility index (Phi) is 4.70. The summed E-state index contributed by atoms with van der Waals surface area (Å²) in [7, 11) is 0. The van der Waals surface area contributed by atoms with Crippen LogP contribution in [0.4, 0.5) is 19.0 Å². The minimum atomic E-state index is -3.11. The number of rotatable bonds is 4. The Morgan fingerprint density at radius 2 is 2.04 bits per heavy atom. The quantitative estimate of drug-likeness (QED) is 0.842. The molecule has 0 aliphatic rings. The van der Waals surface area contributed by atoms with Crippen LogP contribution in [-0.2, 0) is 0 Å². The van der Waals surface area contributed by atoms with Crippen molar-refractivity contribution in [2.45, 2.75) is 13.3 Å². The molecule has 0 spiro atoms. The summed E-state index contributed by atoms with van der Waals surface area (Å²) in [6.45, 7) is 4.74. The van der Waals surface area contributed by atoms with Crippen molar-refractivity contribution in [2.75, 3.05) is 5.73 Å². The molecule has 2 aromatic rings. The fourth-order valence-corrected chi connectivity index (χ4v) is 2.25. The maximum Gasteiger partial charge on any atom is 0.268 e. The molecular formula is C15H11ClF3N3O. The molecule has 2 N–H and O–H groups in total. The molecule has 0 saturated carbocycles. The molecule has 0 bridgehead atoms. The van der Waals surface area contributed by atoms with Gasteiger partial charge in [-0.05, 0) is 12.1 Å². The summed E-state index contributed by atoms with van der Waals surface area (Å²) < 4.78 is 40.2. The van der Waals surface area contributed by atoms with Gasteiger partial charge in [0.05, 0.1) is 16.1 Å². The molecule has 0 radical (unpaired) electrons. The monoisotopic (exact) mass is 341 g/mol. The van der Waals surface area contributed by atoms with Gasteiger partial charge in [0, 0.05) is 12.5 Å². The zero-order valence-electron chi connectivity index (χ0n) is 11.9. The van der Waals surface area contributed by atoms with Crippen LogP contribution in [0, 0.1) is 5.82 Å². The number of hydrogen-bond acceptors (Lipinski definition) is 4. The van der Waals surface area contributed by atoms with Gasteiger partial charge in [-0.15, -0.1) is 0 Å². The number of carbonyl (C=O) groups is 1. The summed E-state index contributed by atoms with van der Waals surface area (Å²) in [5, 5.41) is -0.413. The lowest BCUT2D eigenvalue weighted by Gasteiger charge is -2.11. The van der Waals surface area contributed by atoms with E-state index in [4.69, 9.17) is 17.3 Å². The van der Waals surface area contributed by atoms with E-state index in [1.165, 1.54) is 13.0 Å². The van der Waals surface area contributed by atoms with Crippen LogP contribution in [0.1, 0.15) is 35.0 Å². The molecule has 0 saturated heterocycles. The second-order valence-corrected chi connectivity index (χ2v) is 4.99. The lowest BCUT2D eigenvalue weighted by Crippen LogP contribution is -2.09. The molecule has 8 heteroatoms. The van der Waals surface area contributed by atoms with Crippen molar-refractivity contribution in [3.8, 4) is 11.4 Å². The summed E-state index contributed by atoms with van der Waals surface area (Å²) in [4.78, 5) is 19.4. The van der Waals surface area contributed by atoms with Crippen molar-refractivity contribution in [3.63, 3.8) is 0 Å². The molecule has 1 heterocycles. The zero-order chi connectivity index (χ0) is 17.3. The highest BCUT2D eigenvalue weighted by Crippen LogP contribution is 2.35. The molecular weight excluding hydrogens is 331 g/mol. The number of aromatic nitrogens is 2. The van der Waals surface area contributed by atoms with Crippen molar-refractivity contribution < 1.29 is 18.0 Å². The number of alkyl halides is 2. The first-order valence-electron chi connectivity index (χ1n) is 6.35. The third-order valence-electron chi connectivity index (χ3n) is 3.10. The first kappa shape index (κ1) is 17.0. The van der Waals surface area contributed by atoms with Gasteiger partial charge < -0.3 is 5.73 Å². The van der Waals surface area contributed by atoms with Crippen molar-refractivity contribution in [2.24, 2.45) is 0 Å². The third-order valence-corrected chi connectivity index (χ3v) is 3.43. The Morgan fingerprint density at radius 3 is 2.57 bits per heavy atom. The molecule has 0 unspecified atom stereocenters. The summed E-state index contributed by atoms with van der Waals surface area (Å²) in [5.41, 5.74) is 4.56. The van der Waals surface area contributed by atoms with Gasteiger partial charge in [0.2, 0.25) is 0 Å². The van der Waals surface area contributed by atoms with Crippen molar-refractivity contribution in [1.82, 2.24) is 9.97 Å². The average Bonchev–Trinajstić information content (AvgIpc) is 2.46. The molecule has 0 amide bonds. The Morgan fingerprint density at radius 1 is 1.39 bits per heavy atom. The number of nitrogen functional groups attached to an aromatic ring is 1. The molecule has 0 aliphatic heterocycles. The molecule has 2 rings (SSSR count). The number of Topliss-reactive ketones (excluding diaryl/α,β-unsaturated/α-hetero) is 1. The predicted octanol–water partition coefficient (Wildman–Crippen LogP) is 4.30. The number of hydrogen-bond donors (Lipinski definition) is 1. The number of ketones is 1. The highest BCUT2D eigenvalue weighted by Gasteiger charge is 2.24. The summed E-state index contributed by atoms with van der Waals surface area (Å²) in [5.74, 6) is -2.09. The van der Waals surface area contributed by atoms with Crippen molar-refractivity contribution in [1.29, 1.82) is 0 Å². The van der Waals surface area contributed by atoms with E-state index in [-0.39, 0.29) is 28.5 Å². The van der Waals surface area contributed by atoms with Gasteiger partial charge in [-0.3, -0.25) is 4.79 Å². The standard InChI is InChI=1S/C15H11ClF3N3O/c1-3-7-12(6(2)23)21-15(22-14(7)20)8-4-5-9(16)10(11(8)17)13(18)19/h3-5,13H,1H2,2H3,(H2,20,21,22). The molecule has 0 fully saturated rings. The Labute approximate surface area is 134 Å². The third kappa shape index (κ3) is 3.05. The Balaban J connectivity index is 2.76. The van der Waals surface area contributed by atoms with E-state index in [1.54, 1.807) is 0 Å². The number of benzene rings is 1. The number of nitrogens with zero attached hydrogens (tertiary/aromatic N) is 2. The maximum absolute atomic E-state index is 14.3. The minimum Gasteiger partial charge on any atom is -0.383 e. The van der Waals surface area contributed by atoms with Crippen molar-refractivity contribution in [3.05, 3.63) is 46.4 Å². The first-order chi connectivity index (χ1) is 10.8. The van der Waals surface area contributed by atoms with E-state index >= 15 is 0 Å². The Bertz CT molecular complexity index is 809. The van der Waals surface area contributed by atoms with E-state index < -0.39 is 28.6 Å². The fraction of sp³-hybridized carbons (Fsp3) is 0.133. The zero-order valence-corrected chi connectivity index (χ0v) is 12.7. The van der Waals surface area contributed by atoms with Gasteiger partial charge in [-0.25, -0.2) is 23.1 Å². The molecule has 23 heavy (non-hydrogen) atoms. The SMILES string of the molecule is C=Cc1c(N)nc(-c2ccc(Cl)c(C(F)F)c2F)nc1C(C)=O. The van der Waals surface area contributed by atoms with Gasteiger partial charge in [-0.2, -0.15) is 0 Å². The van der Waals surface area contributed by atoms with E-state index in [2.05, 4.69) is 16.5 Å². The largest absolute Gasteiger partial charge is 0.383 e. The van der Waals surface area contributed by atoms with E-state index in [0.717, 1.165) is 12.1 Å². The van der Waals surface area contributed by atoms with Crippen LogP contribution in [0.25, 0.3) is 17.5 Å². The van der Waals surface area contributed by atoms with Gasteiger partial charge in [0.1, 0.15) is 17.3 Å². The topological polar surface area (TPSA) is 68.9 Å². The molecule has 4 nitrogen and oxygen atoms in total. The van der Waals surface area contributed by atoms with Gasteiger partial charge in [0.15, 0.2) is 11.6 Å². The fourth-order valence-electron chi connectivity index (χ4n) is 2.02. The summed E-state index contributed by atoms with van der Waals surface area (Å²) in [6, 6.07) is 2.26. The Hall–Kier alpha value is -2.41. The normalized spacial score (nSPS) is 10.9. The minimum absolute atomic E-state index is 0.0737. The van der Waals surface area contributed by atoms with Crippen LogP contribution in [0.3, 0.4) is 0 Å². The molecule has 120 valence electrons. The van der Waals surface area contributed by atoms with E-state index in [1.807, 2.05) is 0 Å². The van der Waals surface area contributed by atoms with E-state index in [0.29, 0.717) is 0 Å². The van der Waals surface area contributed by atoms with Gasteiger partial charge in [0.25, 0.3) is 6.43 Å².